The summed E-state index contributed by atoms with van der Waals surface area (Å²) < 4.78 is 16.5. The Morgan fingerprint density at radius 2 is 1.80 bits per heavy atom. The molecule has 0 N–H and O–H groups in total. The van der Waals surface area contributed by atoms with Gasteiger partial charge in [-0.25, -0.2) is 0 Å². The second-order valence-electron chi connectivity index (χ2n) is 6.13. The van der Waals surface area contributed by atoms with Crippen LogP contribution in [0, 0.1) is 0 Å². The molecular weight excluding hydrogens is 336 g/mol. The lowest BCUT2D eigenvalue weighted by Gasteiger charge is -2.05. The molecule has 3 aromatic rings. The number of hydrogen-bond donors (Lipinski definition) is 0. The van der Waals surface area contributed by atoms with Crippen molar-refractivity contribution >= 4 is 11.8 Å². The number of rotatable bonds is 5. The van der Waals surface area contributed by atoms with E-state index in [0.29, 0.717) is 22.8 Å². The maximum Gasteiger partial charge on any atom is 0.277 e. The predicted octanol–water partition coefficient (Wildman–Crippen LogP) is 4.88. The van der Waals surface area contributed by atoms with Crippen LogP contribution >= 0.6 is 11.8 Å². The summed E-state index contributed by atoms with van der Waals surface area (Å²) in [6, 6.07) is 14.2. The van der Waals surface area contributed by atoms with Crippen molar-refractivity contribution in [2.75, 3.05) is 6.79 Å². The highest BCUT2D eigenvalue weighted by Gasteiger charge is 2.16. The van der Waals surface area contributed by atoms with Crippen LogP contribution in [-0.2, 0) is 5.75 Å². The minimum absolute atomic E-state index is 0.249. The van der Waals surface area contributed by atoms with Crippen molar-refractivity contribution in [3.05, 3.63) is 53.6 Å². The van der Waals surface area contributed by atoms with Crippen molar-refractivity contribution in [3.63, 3.8) is 0 Å². The molecule has 0 amide bonds. The van der Waals surface area contributed by atoms with Crippen molar-refractivity contribution in [2.45, 2.75) is 30.7 Å². The number of aromatic nitrogens is 2. The molecule has 0 bridgehead atoms. The van der Waals surface area contributed by atoms with Gasteiger partial charge in [-0.15, -0.1) is 10.2 Å². The average molecular weight is 354 g/mol. The molecule has 5 nitrogen and oxygen atoms in total. The topological polar surface area (TPSA) is 57.4 Å². The minimum Gasteiger partial charge on any atom is -0.454 e. The van der Waals surface area contributed by atoms with Gasteiger partial charge in [-0.2, -0.15) is 0 Å². The van der Waals surface area contributed by atoms with E-state index in [1.165, 1.54) is 22.9 Å². The van der Waals surface area contributed by atoms with E-state index in [1.54, 1.807) is 0 Å². The number of nitrogens with zero attached hydrogens (tertiary/aromatic N) is 2. The summed E-state index contributed by atoms with van der Waals surface area (Å²) in [7, 11) is 0. The Morgan fingerprint density at radius 3 is 2.60 bits per heavy atom. The molecule has 0 unspecified atom stereocenters. The summed E-state index contributed by atoms with van der Waals surface area (Å²) >= 11 is 1.53. The van der Waals surface area contributed by atoms with E-state index in [9.17, 15) is 0 Å². The Labute approximate surface area is 150 Å². The molecule has 0 atom stereocenters. The van der Waals surface area contributed by atoms with Gasteiger partial charge in [0.15, 0.2) is 11.5 Å². The van der Waals surface area contributed by atoms with Gasteiger partial charge in [0.2, 0.25) is 12.7 Å². The molecule has 0 saturated carbocycles. The summed E-state index contributed by atoms with van der Waals surface area (Å²) in [4.78, 5) is 0. The van der Waals surface area contributed by atoms with Crippen LogP contribution in [0.5, 0.6) is 11.5 Å². The van der Waals surface area contributed by atoms with Crippen molar-refractivity contribution < 1.29 is 13.9 Å². The first-order chi connectivity index (χ1) is 12.2. The summed E-state index contributed by atoms with van der Waals surface area (Å²) in [6.07, 6.45) is 0. The van der Waals surface area contributed by atoms with Gasteiger partial charge in [-0.05, 0) is 35.2 Å². The smallest absolute Gasteiger partial charge is 0.277 e. The fourth-order valence-electron chi connectivity index (χ4n) is 2.56. The highest BCUT2D eigenvalue weighted by Crippen LogP contribution is 2.36. The van der Waals surface area contributed by atoms with Gasteiger partial charge >= 0.3 is 0 Å². The van der Waals surface area contributed by atoms with Crippen molar-refractivity contribution in [1.82, 2.24) is 10.2 Å². The second kappa shape index (κ2) is 6.80. The van der Waals surface area contributed by atoms with Crippen LogP contribution in [0.25, 0.3) is 11.5 Å². The molecule has 0 saturated heterocycles. The quantitative estimate of drug-likeness (QED) is 0.609. The summed E-state index contributed by atoms with van der Waals surface area (Å²) in [5.74, 6) is 3.26. The zero-order valence-corrected chi connectivity index (χ0v) is 14.9. The molecule has 128 valence electrons. The first kappa shape index (κ1) is 16.0. The van der Waals surface area contributed by atoms with E-state index >= 15 is 0 Å². The van der Waals surface area contributed by atoms with E-state index in [2.05, 4.69) is 48.3 Å². The molecule has 1 aliphatic rings. The number of thioether (sulfide) groups is 1. The molecule has 6 heteroatoms. The molecule has 0 spiro atoms. The van der Waals surface area contributed by atoms with Gasteiger partial charge in [0.1, 0.15) is 0 Å². The fraction of sp³-hybridized carbons (Fsp3) is 0.263. The van der Waals surface area contributed by atoms with E-state index < -0.39 is 0 Å². The molecule has 25 heavy (non-hydrogen) atoms. The largest absolute Gasteiger partial charge is 0.454 e. The van der Waals surface area contributed by atoms with Crippen LogP contribution in [0.2, 0.25) is 0 Å². The third-order valence-electron chi connectivity index (χ3n) is 4.03. The highest BCUT2D eigenvalue weighted by atomic mass is 32.2. The van der Waals surface area contributed by atoms with E-state index in [1.807, 2.05) is 18.2 Å². The third-order valence-corrected chi connectivity index (χ3v) is 4.92. The standard InChI is InChI=1S/C19H18N2O3S/c1-12(2)14-5-3-13(4-6-14)10-25-19-21-20-18(24-19)15-7-8-16-17(9-15)23-11-22-16/h3-9,12H,10-11H2,1-2H3. The number of ether oxygens (including phenoxy) is 2. The van der Waals surface area contributed by atoms with E-state index in [-0.39, 0.29) is 6.79 Å². The molecule has 0 fully saturated rings. The first-order valence-electron chi connectivity index (χ1n) is 8.14. The number of hydrogen-bond acceptors (Lipinski definition) is 6. The Balaban J connectivity index is 1.43. The van der Waals surface area contributed by atoms with Gasteiger partial charge in [0.25, 0.3) is 5.22 Å². The molecule has 0 radical (unpaired) electrons. The van der Waals surface area contributed by atoms with Crippen LogP contribution in [0.15, 0.2) is 52.1 Å². The Hall–Kier alpha value is -2.47. The lowest BCUT2D eigenvalue weighted by atomic mass is 10.0. The minimum atomic E-state index is 0.249. The number of benzene rings is 2. The molecule has 4 rings (SSSR count). The SMILES string of the molecule is CC(C)c1ccc(CSc2nnc(-c3ccc4c(c3)OCO4)o2)cc1. The van der Waals surface area contributed by atoms with Gasteiger partial charge < -0.3 is 13.9 Å². The maximum atomic E-state index is 5.76. The molecule has 2 heterocycles. The van der Waals surface area contributed by atoms with E-state index in [0.717, 1.165) is 17.1 Å². The average Bonchev–Trinajstić information content (AvgIpc) is 3.28. The van der Waals surface area contributed by atoms with E-state index in [4.69, 9.17) is 13.9 Å². The normalized spacial score (nSPS) is 12.8. The third kappa shape index (κ3) is 3.49. The summed E-state index contributed by atoms with van der Waals surface area (Å²) in [5, 5.41) is 8.80. The van der Waals surface area contributed by atoms with Gasteiger partial charge in [0.05, 0.1) is 0 Å². The first-order valence-corrected chi connectivity index (χ1v) is 9.13. The van der Waals surface area contributed by atoms with Crippen LogP contribution in [-0.4, -0.2) is 17.0 Å². The van der Waals surface area contributed by atoms with Crippen molar-refractivity contribution in [3.8, 4) is 23.0 Å². The fourth-order valence-corrected chi connectivity index (χ4v) is 3.28. The second-order valence-corrected chi connectivity index (χ2v) is 7.05. The molecular formula is C19H18N2O3S. The van der Waals surface area contributed by atoms with Gasteiger partial charge in [-0.3, -0.25) is 0 Å². The lowest BCUT2D eigenvalue weighted by Crippen LogP contribution is -1.92. The van der Waals surface area contributed by atoms with Crippen LogP contribution in [0.3, 0.4) is 0 Å². The molecule has 1 aromatic heterocycles. The molecule has 2 aromatic carbocycles. The zero-order valence-electron chi connectivity index (χ0n) is 14.1. The summed E-state index contributed by atoms with van der Waals surface area (Å²) in [5.41, 5.74) is 3.40. The highest BCUT2D eigenvalue weighted by molar-refractivity contribution is 7.98. The Morgan fingerprint density at radius 1 is 1.00 bits per heavy atom. The predicted molar refractivity (Wildman–Crippen MR) is 95.9 cm³/mol. The van der Waals surface area contributed by atoms with Gasteiger partial charge in [0, 0.05) is 11.3 Å². The van der Waals surface area contributed by atoms with Crippen LogP contribution in [0.4, 0.5) is 0 Å². The van der Waals surface area contributed by atoms with Crippen LogP contribution in [0.1, 0.15) is 30.9 Å². The maximum absolute atomic E-state index is 5.76. The lowest BCUT2D eigenvalue weighted by molar-refractivity contribution is 0.174. The van der Waals surface area contributed by atoms with Crippen LogP contribution < -0.4 is 9.47 Å². The zero-order chi connectivity index (χ0) is 17.2. The molecule has 0 aliphatic carbocycles. The van der Waals surface area contributed by atoms with Crippen molar-refractivity contribution in [1.29, 1.82) is 0 Å². The Kier molecular flexibility index (Phi) is 4.36. The number of fused-ring (bicyclic) bond motifs is 1. The van der Waals surface area contributed by atoms with Crippen molar-refractivity contribution in [2.24, 2.45) is 0 Å². The van der Waals surface area contributed by atoms with Gasteiger partial charge in [-0.1, -0.05) is 49.9 Å². The summed E-state index contributed by atoms with van der Waals surface area (Å²) in [6.45, 7) is 4.64. The molecule has 1 aliphatic heterocycles. The Bertz CT molecular complexity index is 875. The monoisotopic (exact) mass is 354 g/mol.